The van der Waals surface area contributed by atoms with Gasteiger partial charge < -0.3 is 19.9 Å². The second-order valence-corrected chi connectivity index (χ2v) is 5.96. The number of aromatic nitrogens is 3. The van der Waals surface area contributed by atoms with Gasteiger partial charge in [-0.15, -0.1) is 5.10 Å². The molecule has 24 heavy (non-hydrogen) atoms. The SMILES string of the molecule is COc1cccc(CCNc2cnnc(N3CCN(C)CC3)n2)c1. The molecule has 3 rings (SSSR count). The Morgan fingerprint density at radius 2 is 2.04 bits per heavy atom. The zero-order chi connectivity index (χ0) is 16.8. The highest BCUT2D eigenvalue weighted by molar-refractivity contribution is 5.39. The van der Waals surface area contributed by atoms with E-state index in [0.717, 1.165) is 50.7 Å². The number of benzene rings is 1. The molecule has 1 saturated heterocycles. The monoisotopic (exact) mass is 328 g/mol. The number of piperazine rings is 1. The minimum absolute atomic E-state index is 0.703. The predicted molar refractivity (Wildman–Crippen MR) is 94.7 cm³/mol. The van der Waals surface area contributed by atoms with Crippen molar-refractivity contribution in [1.82, 2.24) is 20.1 Å². The molecule has 0 radical (unpaired) electrons. The van der Waals surface area contributed by atoms with Gasteiger partial charge in [-0.3, -0.25) is 0 Å². The highest BCUT2D eigenvalue weighted by atomic mass is 16.5. The summed E-state index contributed by atoms with van der Waals surface area (Å²) in [5, 5.41) is 11.6. The predicted octanol–water partition coefficient (Wildman–Crippen LogP) is 1.29. The summed E-state index contributed by atoms with van der Waals surface area (Å²) in [5.74, 6) is 2.35. The van der Waals surface area contributed by atoms with Crippen molar-refractivity contribution in [3.05, 3.63) is 36.0 Å². The number of nitrogens with zero attached hydrogens (tertiary/aromatic N) is 5. The van der Waals surface area contributed by atoms with Crippen molar-refractivity contribution in [3.63, 3.8) is 0 Å². The number of ether oxygens (including phenoxy) is 1. The lowest BCUT2D eigenvalue weighted by Crippen LogP contribution is -2.45. The molecular formula is C17H24N6O. The van der Waals surface area contributed by atoms with Crippen LogP contribution in [0.1, 0.15) is 5.56 Å². The molecule has 1 fully saturated rings. The molecule has 0 aliphatic carbocycles. The van der Waals surface area contributed by atoms with Crippen LogP contribution < -0.4 is 15.0 Å². The van der Waals surface area contributed by atoms with Crippen LogP contribution in [-0.2, 0) is 6.42 Å². The zero-order valence-corrected chi connectivity index (χ0v) is 14.3. The maximum Gasteiger partial charge on any atom is 0.247 e. The maximum absolute atomic E-state index is 5.25. The van der Waals surface area contributed by atoms with Gasteiger partial charge >= 0.3 is 0 Å². The molecule has 2 aromatic rings. The molecule has 2 heterocycles. The van der Waals surface area contributed by atoms with Crippen LogP contribution in [0.15, 0.2) is 30.5 Å². The van der Waals surface area contributed by atoms with Gasteiger partial charge in [-0.05, 0) is 31.2 Å². The minimum atomic E-state index is 0.703. The highest BCUT2D eigenvalue weighted by Gasteiger charge is 2.17. The van der Waals surface area contributed by atoms with Gasteiger partial charge in [0.2, 0.25) is 5.95 Å². The fraction of sp³-hybridized carbons (Fsp3) is 0.471. The van der Waals surface area contributed by atoms with Gasteiger partial charge in [-0.25, -0.2) is 0 Å². The molecule has 7 nitrogen and oxygen atoms in total. The fourth-order valence-corrected chi connectivity index (χ4v) is 2.68. The molecule has 0 atom stereocenters. The molecule has 1 aromatic heterocycles. The highest BCUT2D eigenvalue weighted by Crippen LogP contribution is 2.14. The van der Waals surface area contributed by atoms with E-state index in [2.05, 4.69) is 49.5 Å². The number of rotatable bonds is 6. The summed E-state index contributed by atoms with van der Waals surface area (Å²) in [4.78, 5) is 9.07. The van der Waals surface area contributed by atoms with Crippen molar-refractivity contribution < 1.29 is 4.74 Å². The summed E-state index contributed by atoms with van der Waals surface area (Å²) < 4.78 is 5.25. The van der Waals surface area contributed by atoms with Gasteiger partial charge in [0, 0.05) is 32.7 Å². The lowest BCUT2D eigenvalue weighted by Gasteiger charge is -2.32. The molecule has 0 bridgehead atoms. The third kappa shape index (κ3) is 4.32. The molecule has 7 heteroatoms. The van der Waals surface area contributed by atoms with Gasteiger partial charge in [-0.1, -0.05) is 12.1 Å². The largest absolute Gasteiger partial charge is 0.497 e. The standard InChI is InChI=1S/C17H24N6O/c1-22-8-10-23(11-9-22)17-20-16(13-19-21-17)18-7-6-14-4-3-5-15(12-14)24-2/h3-5,12-13H,6-11H2,1-2H3,(H,18,20,21). The average Bonchev–Trinajstić information content (AvgIpc) is 2.63. The Morgan fingerprint density at radius 3 is 2.83 bits per heavy atom. The van der Waals surface area contributed by atoms with E-state index in [0.29, 0.717) is 5.95 Å². The summed E-state index contributed by atoms with van der Waals surface area (Å²) in [6, 6.07) is 8.10. The van der Waals surface area contributed by atoms with E-state index in [-0.39, 0.29) is 0 Å². The van der Waals surface area contributed by atoms with Crippen molar-refractivity contribution >= 4 is 11.8 Å². The van der Waals surface area contributed by atoms with Crippen LogP contribution >= 0.6 is 0 Å². The van der Waals surface area contributed by atoms with E-state index in [4.69, 9.17) is 4.74 Å². The smallest absolute Gasteiger partial charge is 0.247 e. The van der Waals surface area contributed by atoms with E-state index in [1.807, 2.05) is 12.1 Å². The summed E-state index contributed by atoms with van der Waals surface area (Å²) >= 11 is 0. The summed E-state index contributed by atoms with van der Waals surface area (Å²) in [7, 11) is 3.82. The molecule has 1 N–H and O–H groups in total. The minimum Gasteiger partial charge on any atom is -0.497 e. The van der Waals surface area contributed by atoms with Crippen LogP contribution in [0.2, 0.25) is 0 Å². The van der Waals surface area contributed by atoms with Gasteiger partial charge in [0.25, 0.3) is 0 Å². The van der Waals surface area contributed by atoms with Gasteiger partial charge in [0.05, 0.1) is 13.3 Å². The molecule has 0 saturated carbocycles. The van der Waals surface area contributed by atoms with E-state index in [1.165, 1.54) is 5.56 Å². The number of methoxy groups -OCH3 is 1. The van der Waals surface area contributed by atoms with Crippen LogP contribution in [0.25, 0.3) is 0 Å². The van der Waals surface area contributed by atoms with Crippen molar-refractivity contribution in [2.75, 3.05) is 57.1 Å². The first kappa shape index (κ1) is 16.4. The number of anilines is 2. The Bertz CT molecular complexity index is 657. The number of nitrogens with one attached hydrogen (secondary N) is 1. The average molecular weight is 328 g/mol. The summed E-state index contributed by atoms with van der Waals surface area (Å²) in [6.07, 6.45) is 2.57. The maximum atomic E-state index is 5.25. The Hall–Kier alpha value is -2.41. The third-order valence-corrected chi connectivity index (χ3v) is 4.19. The second-order valence-electron chi connectivity index (χ2n) is 5.96. The lowest BCUT2D eigenvalue weighted by molar-refractivity contribution is 0.311. The topological polar surface area (TPSA) is 66.4 Å². The fourth-order valence-electron chi connectivity index (χ4n) is 2.68. The van der Waals surface area contributed by atoms with E-state index >= 15 is 0 Å². The van der Waals surface area contributed by atoms with Crippen molar-refractivity contribution in [1.29, 1.82) is 0 Å². The molecule has 0 amide bonds. The Kier molecular flexibility index (Phi) is 5.43. The normalized spacial score (nSPS) is 15.3. The molecule has 1 aromatic carbocycles. The van der Waals surface area contributed by atoms with Crippen LogP contribution in [0.4, 0.5) is 11.8 Å². The zero-order valence-electron chi connectivity index (χ0n) is 14.3. The Labute approximate surface area is 142 Å². The summed E-state index contributed by atoms with van der Waals surface area (Å²) in [5.41, 5.74) is 1.23. The van der Waals surface area contributed by atoms with E-state index in [1.54, 1.807) is 13.3 Å². The third-order valence-electron chi connectivity index (χ3n) is 4.19. The molecular weight excluding hydrogens is 304 g/mol. The molecule has 128 valence electrons. The molecule has 1 aliphatic rings. The number of hydrogen-bond donors (Lipinski definition) is 1. The summed E-state index contributed by atoms with van der Waals surface area (Å²) in [6.45, 7) is 4.71. The van der Waals surface area contributed by atoms with Crippen molar-refractivity contribution in [2.24, 2.45) is 0 Å². The van der Waals surface area contributed by atoms with Gasteiger partial charge in [-0.2, -0.15) is 10.1 Å². The first-order chi connectivity index (χ1) is 11.7. The number of likely N-dealkylation sites (N-methyl/N-ethyl adjacent to an activating group) is 1. The Morgan fingerprint density at radius 1 is 1.21 bits per heavy atom. The quantitative estimate of drug-likeness (QED) is 0.857. The van der Waals surface area contributed by atoms with Crippen LogP contribution in [0, 0.1) is 0 Å². The van der Waals surface area contributed by atoms with Crippen LogP contribution in [0.5, 0.6) is 5.75 Å². The second kappa shape index (κ2) is 7.92. The molecule has 0 spiro atoms. The van der Waals surface area contributed by atoms with Crippen LogP contribution in [0.3, 0.4) is 0 Å². The number of hydrogen-bond acceptors (Lipinski definition) is 7. The van der Waals surface area contributed by atoms with Gasteiger partial charge in [0.1, 0.15) is 5.75 Å². The first-order valence-electron chi connectivity index (χ1n) is 8.24. The first-order valence-corrected chi connectivity index (χ1v) is 8.24. The van der Waals surface area contributed by atoms with Crippen molar-refractivity contribution in [2.45, 2.75) is 6.42 Å². The van der Waals surface area contributed by atoms with E-state index in [9.17, 15) is 0 Å². The van der Waals surface area contributed by atoms with Gasteiger partial charge in [0.15, 0.2) is 5.82 Å². The van der Waals surface area contributed by atoms with Crippen molar-refractivity contribution in [3.8, 4) is 5.75 Å². The van der Waals surface area contributed by atoms with E-state index < -0.39 is 0 Å². The lowest BCUT2D eigenvalue weighted by atomic mass is 10.1. The van der Waals surface area contributed by atoms with Crippen LogP contribution in [-0.4, -0.2) is 67.0 Å². The Balaban J connectivity index is 1.54. The molecule has 0 unspecified atom stereocenters. The molecule has 1 aliphatic heterocycles.